The number of benzene rings is 2. The number of fused-ring (bicyclic) bond motifs is 3. The summed E-state index contributed by atoms with van der Waals surface area (Å²) in [4.78, 5) is 30.7. The number of aromatic nitrogens is 2. The lowest BCUT2D eigenvalue weighted by Crippen LogP contribution is -2.52. The number of rotatable bonds is 2. The van der Waals surface area contributed by atoms with E-state index >= 15 is 0 Å². The van der Waals surface area contributed by atoms with E-state index in [4.69, 9.17) is 4.98 Å². The molecule has 0 saturated carbocycles. The fraction of sp³-hybridized carbons (Fsp3) is 0.464. The van der Waals surface area contributed by atoms with Crippen LogP contribution in [0, 0.1) is 5.82 Å². The first-order valence-corrected chi connectivity index (χ1v) is 12.9. The zero-order chi connectivity index (χ0) is 24.9. The minimum atomic E-state index is -0.223. The minimum Gasteiger partial charge on any atom is -0.355 e. The van der Waals surface area contributed by atoms with Crippen molar-refractivity contribution in [1.29, 1.82) is 0 Å². The molecule has 0 aliphatic carbocycles. The van der Waals surface area contributed by atoms with Crippen molar-refractivity contribution in [1.82, 2.24) is 19.8 Å². The van der Waals surface area contributed by atoms with Crippen LogP contribution in [0.1, 0.15) is 31.2 Å². The maximum Gasteiger partial charge on any atom is 0.323 e. The highest BCUT2D eigenvalue weighted by Crippen LogP contribution is 2.48. The monoisotopic (exact) mass is 488 g/mol. The van der Waals surface area contributed by atoms with E-state index in [1.165, 1.54) is 6.07 Å². The number of hydrogen-bond donors (Lipinski definition) is 0. The van der Waals surface area contributed by atoms with Gasteiger partial charge in [0.05, 0.1) is 17.2 Å². The molecular weight excluding hydrogens is 455 g/mol. The number of urea groups is 1. The van der Waals surface area contributed by atoms with Gasteiger partial charge in [-0.3, -0.25) is 9.88 Å². The zero-order valence-electron chi connectivity index (χ0n) is 21.0. The van der Waals surface area contributed by atoms with Crippen molar-refractivity contribution in [3.05, 3.63) is 60.0 Å². The Balaban J connectivity index is 1.12. The number of anilines is 2. The van der Waals surface area contributed by atoms with Crippen molar-refractivity contribution >= 4 is 28.6 Å². The van der Waals surface area contributed by atoms with Gasteiger partial charge in [0.2, 0.25) is 0 Å². The molecular formula is C28H33FN6O. The third-order valence-electron chi connectivity index (χ3n) is 8.39. The Labute approximate surface area is 211 Å². The van der Waals surface area contributed by atoms with E-state index in [0.29, 0.717) is 12.6 Å². The molecule has 0 atom stereocenters. The largest absolute Gasteiger partial charge is 0.355 e. The van der Waals surface area contributed by atoms with E-state index in [9.17, 15) is 9.18 Å². The number of carbonyl (C=O) groups is 1. The number of nitrogens with zero attached hydrogens (tertiary/aromatic N) is 6. The predicted octanol–water partition coefficient (Wildman–Crippen LogP) is 4.27. The van der Waals surface area contributed by atoms with Gasteiger partial charge < -0.3 is 14.7 Å². The molecule has 1 aromatic heterocycles. The normalized spacial score (nSPS) is 20.2. The van der Waals surface area contributed by atoms with Gasteiger partial charge in [-0.05, 0) is 74.7 Å². The second kappa shape index (κ2) is 9.00. The van der Waals surface area contributed by atoms with Crippen LogP contribution in [0.4, 0.5) is 20.7 Å². The maximum absolute atomic E-state index is 14.3. The van der Waals surface area contributed by atoms with Crippen LogP contribution in [0.2, 0.25) is 0 Å². The molecule has 0 unspecified atom stereocenters. The van der Waals surface area contributed by atoms with Crippen molar-refractivity contribution < 1.29 is 9.18 Å². The summed E-state index contributed by atoms with van der Waals surface area (Å²) in [6.45, 7) is 4.52. The Morgan fingerprint density at radius 3 is 2.47 bits per heavy atom. The molecule has 2 saturated heterocycles. The fourth-order valence-electron chi connectivity index (χ4n) is 6.36. The average Bonchev–Trinajstić information content (AvgIpc) is 3.21. The van der Waals surface area contributed by atoms with Crippen LogP contribution >= 0.6 is 0 Å². The Hall–Kier alpha value is -3.26. The van der Waals surface area contributed by atoms with Gasteiger partial charge in [0.25, 0.3) is 0 Å². The summed E-state index contributed by atoms with van der Waals surface area (Å²) in [7, 11) is 3.55. The summed E-state index contributed by atoms with van der Waals surface area (Å²) in [5.41, 5.74) is 3.57. The number of amides is 2. The average molecular weight is 489 g/mol. The summed E-state index contributed by atoms with van der Waals surface area (Å²) >= 11 is 0. The number of piperidine rings is 2. The second-order valence-electron chi connectivity index (χ2n) is 10.7. The predicted molar refractivity (Wildman–Crippen MR) is 140 cm³/mol. The third kappa shape index (κ3) is 3.97. The quantitative estimate of drug-likeness (QED) is 0.539. The molecule has 3 aliphatic heterocycles. The Bertz CT molecular complexity index is 1280. The summed E-state index contributed by atoms with van der Waals surface area (Å²) in [5.74, 6) is 0.735. The first kappa shape index (κ1) is 23.2. The van der Waals surface area contributed by atoms with E-state index in [-0.39, 0.29) is 17.3 Å². The maximum atomic E-state index is 14.3. The molecule has 1 spiro atoms. The van der Waals surface area contributed by atoms with Crippen LogP contribution in [-0.2, 0) is 5.41 Å². The zero-order valence-corrected chi connectivity index (χ0v) is 21.0. The van der Waals surface area contributed by atoms with E-state index in [0.717, 1.165) is 80.0 Å². The van der Waals surface area contributed by atoms with E-state index in [1.807, 2.05) is 35.4 Å². The molecule has 36 heavy (non-hydrogen) atoms. The number of halogens is 1. The van der Waals surface area contributed by atoms with Crippen LogP contribution in [0.25, 0.3) is 11.0 Å². The van der Waals surface area contributed by atoms with E-state index in [1.54, 1.807) is 31.1 Å². The van der Waals surface area contributed by atoms with Gasteiger partial charge in [0, 0.05) is 50.9 Å². The summed E-state index contributed by atoms with van der Waals surface area (Å²) < 4.78 is 14.3. The van der Waals surface area contributed by atoms with Crippen LogP contribution < -0.4 is 9.80 Å². The fourth-order valence-corrected chi connectivity index (χ4v) is 6.36. The van der Waals surface area contributed by atoms with Gasteiger partial charge in [-0.1, -0.05) is 12.1 Å². The van der Waals surface area contributed by atoms with Crippen LogP contribution in [-0.4, -0.2) is 78.7 Å². The lowest BCUT2D eigenvalue weighted by molar-refractivity contribution is 0.104. The van der Waals surface area contributed by atoms with Crippen LogP contribution in [0.3, 0.4) is 0 Å². The molecule has 2 amide bonds. The van der Waals surface area contributed by atoms with E-state index in [2.05, 4.69) is 14.8 Å². The Morgan fingerprint density at radius 2 is 1.75 bits per heavy atom. The van der Waals surface area contributed by atoms with Crippen molar-refractivity contribution in [3.8, 4) is 0 Å². The van der Waals surface area contributed by atoms with Gasteiger partial charge in [-0.25, -0.2) is 14.2 Å². The molecule has 7 nitrogen and oxygen atoms in total. The highest BCUT2D eigenvalue weighted by atomic mass is 19.1. The highest BCUT2D eigenvalue weighted by Gasteiger charge is 2.47. The summed E-state index contributed by atoms with van der Waals surface area (Å²) in [6, 6.07) is 13.4. The third-order valence-corrected chi connectivity index (χ3v) is 8.39. The first-order valence-electron chi connectivity index (χ1n) is 12.9. The lowest BCUT2D eigenvalue weighted by atomic mass is 9.74. The summed E-state index contributed by atoms with van der Waals surface area (Å²) in [6.07, 6.45) is 5.97. The molecule has 2 fully saturated rings. The molecule has 3 aromatic rings. The topological polar surface area (TPSA) is 55.8 Å². The Morgan fingerprint density at radius 1 is 1.03 bits per heavy atom. The van der Waals surface area contributed by atoms with Gasteiger partial charge in [0.1, 0.15) is 11.6 Å². The Kier molecular flexibility index (Phi) is 5.79. The van der Waals surface area contributed by atoms with Gasteiger partial charge >= 0.3 is 6.03 Å². The van der Waals surface area contributed by atoms with Crippen molar-refractivity contribution in [2.75, 3.05) is 56.6 Å². The lowest BCUT2D eigenvalue weighted by Gasteiger charge is -2.45. The molecule has 6 rings (SSSR count). The number of likely N-dealkylation sites (tertiary alicyclic amines) is 1. The summed E-state index contributed by atoms with van der Waals surface area (Å²) in [5, 5.41) is 0. The molecule has 8 heteroatoms. The van der Waals surface area contributed by atoms with Gasteiger partial charge in [0.15, 0.2) is 0 Å². The highest BCUT2D eigenvalue weighted by molar-refractivity contribution is 5.95. The van der Waals surface area contributed by atoms with Crippen molar-refractivity contribution in [3.63, 3.8) is 0 Å². The van der Waals surface area contributed by atoms with Crippen LogP contribution in [0.15, 0.2) is 48.7 Å². The number of para-hydroxylation sites is 2. The standard InChI is InChI=1S/C28H33FN6O/c1-32(2)27(36)35-19-28(22-17-20(29)7-8-25(22)35)11-15-33(16-12-28)21-9-13-34(14-10-21)26-18-30-23-5-3-4-6-24(23)31-26/h3-8,17-18,21H,9-16,19H2,1-2H3. The molecule has 3 aliphatic rings. The molecule has 2 aromatic carbocycles. The minimum absolute atomic E-state index is 0.0358. The molecule has 0 bridgehead atoms. The molecule has 0 N–H and O–H groups in total. The van der Waals surface area contributed by atoms with Crippen molar-refractivity contribution in [2.45, 2.75) is 37.1 Å². The molecule has 188 valence electrons. The van der Waals surface area contributed by atoms with Crippen molar-refractivity contribution in [2.24, 2.45) is 0 Å². The number of carbonyl (C=O) groups excluding carboxylic acids is 1. The smallest absolute Gasteiger partial charge is 0.323 e. The van der Waals surface area contributed by atoms with Gasteiger partial charge in [-0.15, -0.1) is 0 Å². The first-order chi connectivity index (χ1) is 17.4. The SMILES string of the molecule is CN(C)C(=O)N1CC2(CCN(C3CCN(c4cnc5ccccc5n4)CC3)CC2)c2cc(F)ccc21. The molecule has 4 heterocycles. The van der Waals surface area contributed by atoms with Gasteiger partial charge in [-0.2, -0.15) is 0 Å². The second-order valence-corrected chi connectivity index (χ2v) is 10.7. The van der Waals surface area contributed by atoms with Crippen LogP contribution in [0.5, 0.6) is 0 Å². The van der Waals surface area contributed by atoms with E-state index < -0.39 is 0 Å². The number of hydrogen-bond acceptors (Lipinski definition) is 5. The molecule has 0 radical (unpaired) electrons.